The molecule has 1 aliphatic rings. The molecule has 1 fully saturated rings. The Balaban J connectivity index is 2.31. The summed E-state index contributed by atoms with van der Waals surface area (Å²) in [5.74, 6) is -0.186. The van der Waals surface area contributed by atoms with Crippen LogP contribution in [0.4, 0.5) is 11.4 Å². The number of para-hydroxylation sites is 1. The molecule has 0 bridgehead atoms. The first kappa shape index (κ1) is 17.2. The molecule has 1 aromatic carbocycles. The number of amides is 1. The van der Waals surface area contributed by atoms with Gasteiger partial charge in [-0.25, -0.2) is 8.42 Å². The molecule has 1 amide bonds. The van der Waals surface area contributed by atoms with E-state index < -0.39 is 14.8 Å². The van der Waals surface area contributed by atoms with E-state index >= 15 is 0 Å². The Morgan fingerprint density at radius 3 is 2.48 bits per heavy atom. The second-order valence-electron chi connectivity index (χ2n) is 5.75. The van der Waals surface area contributed by atoms with E-state index in [9.17, 15) is 23.3 Å². The summed E-state index contributed by atoms with van der Waals surface area (Å²) in [5.41, 5.74) is 5.11. The quantitative estimate of drug-likeness (QED) is 0.631. The van der Waals surface area contributed by atoms with Crippen molar-refractivity contribution in [3.63, 3.8) is 0 Å². The van der Waals surface area contributed by atoms with Crippen LogP contribution in [0.3, 0.4) is 0 Å². The third-order valence-electron chi connectivity index (χ3n) is 4.00. The molecule has 0 aliphatic carbocycles. The molecule has 0 atom stereocenters. The van der Waals surface area contributed by atoms with E-state index in [4.69, 9.17) is 5.73 Å². The lowest BCUT2D eigenvalue weighted by atomic mass is 9.93. The number of carbonyl (C=O) groups excluding carboxylic acids is 1. The highest BCUT2D eigenvalue weighted by Gasteiger charge is 2.30. The summed E-state index contributed by atoms with van der Waals surface area (Å²) in [6.07, 6.45) is 2.63. The molecule has 2 N–H and O–H groups in total. The van der Waals surface area contributed by atoms with Crippen molar-refractivity contribution in [2.24, 2.45) is 11.7 Å². The van der Waals surface area contributed by atoms with Crippen LogP contribution < -0.4 is 10.6 Å². The third kappa shape index (κ3) is 3.98. The average Bonchev–Trinajstić information content (AvgIpc) is 2.45. The van der Waals surface area contributed by atoms with E-state index in [0.29, 0.717) is 38.0 Å². The molecule has 23 heavy (non-hydrogen) atoms. The Morgan fingerprint density at radius 2 is 2.00 bits per heavy atom. The minimum atomic E-state index is -3.70. The van der Waals surface area contributed by atoms with Crippen molar-refractivity contribution < 1.29 is 18.1 Å². The molecule has 8 nitrogen and oxygen atoms in total. The summed E-state index contributed by atoms with van der Waals surface area (Å²) in [7, 11) is -3.70. The number of primary amides is 1. The van der Waals surface area contributed by atoms with Crippen molar-refractivity contribution in [3.05, 3.63) is 28.3 Å². The molecule has 0 unspecified atom stereocenters. The fraction of sp³-hybridized carbons (Fsp3) is 0.500. The molecule has 0 saturated carbocycles. The predicted octanol–water partition coefficient (Wildman–Crippen LogP) is 1.09. The number of nitro groups is 1. The van der Waals surface area contributed by atoms with Crippen LogP contribution in [-0.2, 0) is 14.6 Å². The summed E-state index contributed by atoms with van der Waals surface area (Å²) < 4.78 is 23.6. The van der Waals surface area contributed by atoms with Gasteiger partial charge in [0.25, 0.3) is 0 Å². The number of carbonyl (C=O) groups is 1. The van der Waals surface area contributed by atoms with Crippen LogP contribution in [0.5, 0.6) is 0 Å². The Kier molecular flexibility index (Phi) is 4.88. The van der Waals surface area contributed by atoms with Crippen LogP contribution >= 0.6 is 0 Å². The van der Waals surface area contributed by atoms with Crippen LogP contribution in [0.25, 0.3) is 0 Å². The SMILES string of the molecule is CS(=O)(=O)c1cccc(N2CCC(CC(N)=O)CC2)c1[N+](=O)[O-]. The minimum Gasteiger partial charge on any atom is -0.370 e. The minimum absolute atomic E-state index is 0.167. The maximum atomic E-state index is 11.8. The first-order valence-corrected chi connectivity index (χ1v) is 9.10. The summed E-state index contributed by atoms with van der Waals surface area (Å²) >= 11 is 0. The molecule has 126 valence electrons. The van der Waals surface area contributed by atoms with Crippen molar-refractivity contribution in [1.29, 1.82) is 0 Å². The van der Waals surface area contributed by atoms with Gasteiger partial charge in [-0.1, -0.05) is 6.07 Å². The Morgan fingerprint density at radius 1 is 1.39 bits per heavy atom. The summed E-state index contributed by atoms with van der Waals surface area (Å²) in [6, 6.07) is 4.31. The predicted molar refractivity (Wildman–Crippen MR) is 85.0 cm³/mol. The molecular weight excluding hydrogens is 322 g/mol. The van der Waals surface area contributed by atoms with Crippen LogP contribution in [0.1, 0.15) is 19.3 Å². The molecule has 1 aliphatic heterocycles. The van der Waals surface area contributed by atoms with Gasteiger partial charge in [-0.2, -0.15) is 0 Å². The zero-order chi connectivity index (χ0) is 17.2. The van der Waals surface area contributed by atoms with Gasteiger partial charge in [0.05, 0.1) is 4.92 Å². The zero-order valence-corrected chi connectivity index (χ0v) is 13.6. The lowest BCUT2D eigenvalue weighted by Crippen LogP contribution is -2.35. The van der Waals surface area contributed by atoms with Crippen molar-refractivity contribution in [2.45, 2.75) is 24.2 Å². The van der Waals surface area contributed by atoms with Gasteiger partial charge in [-0.05, 0) is 30.9 Å². The van der Waals surface area contributed by atoms with Crippen molar-refractivity contribution in [1.82, 2.24) is 0 Å². The highest BCUT2D eigenvalue weighted by molar-refractivity contribution is 7.90. The molecule has 2 rings (SSSR count). The number of hydrogen-bond donors (Lipinski definition) is 1. The van der Waals surface area contributed by atoms with Gasteiger partial charge in [0.15, 0.2) is 9.84 Å². The standard InChI is InChI=1S/C14H19N3O5S/c1-23(21,22)12-4-2-3-11(14(12)17(19)20)16-7-5-10(6-8-16)9-13(15)18/h2-4,10H,5-9H2,1H3,(H2,15,18). The number of nitrogens with two attached hydrogens (primary N) is 1. The highest BCUT2D eigenvalue weighted by Crippen LogP contribution is 2.36. The van der Waals surface area contributed by atoms with Gasteiger partial charge < -0.3 is 10.6 Å². The Labute approximate surface area is 134 Å². The number of hydrogen-bond acceptors (Lipinski definition) is 6. The van der Waals surface area contributed by atoms with E-state index in [0.717, 1.165) is 6.26 Å². The fourth-order valence-electron chi connectivity index (χ4n) is 2.91. The Hall–Kier alpha value is -2.16. The number of nitrogens with zero attached hydrogens (tertiary/aromatic N) is 2. The summed E-state index contributed by atoms with van der Waals surface area (Å²) in [6.45, 7) is 1.04. The molecule has 1 aromatic rings. The lowest BCUT2D eigenvalue weighted by molar-refractivity contribution is -0.387. The number of anilines is 1. The van der Waals surface area contributed by atoms with Crippen molar-refractivity contribution in [3.8, 4) is 0 Å². The monoisotopic (exact) mass is 341 g/mol. The number of piperidine rings is 1. The van der Waals surface area contributed by atoms with Gasteiger partial charge in [-0.3, -0.25) is 14.9 Å². The molecule has 9 heteroatoms. The topological polar surface area (TPSA) is 124 Å². The van der Waals surface area contributed by atoms with E-state index in [-0.39, 0.29) is 22.4 Å². The van der Waals surface area contributed by atoms with E-state index in [1.165, 1.54) is 12.1 Å². The number of rotatable bonds is 5. The summed E-state index contributed by atoms with van der Waals surface area (Å²) in [4.78, 5) is 23.2. The molecule has 0 aromatic heterocycles. The van der Waals surface area contributed by atoms with Crippen LogP contribution in [-0.4, -0.2) is 38.6 Å². The second kappa shape index (κ2) is 6.53. The first-order chi connectivity index (χ1) is 10.7. The van der Waals surface area contributed by atoms with Crippen LogP contribution in [0.15, 0.2) is 23.1 Å². The number of benzene rings is 1. The van der Waals surface area contributed by atoms with Crippen LogP contribution in [0.2, 0.25) is 0 Å². The molecule has 1 saturated heterocycles. The van der Waals surface area contributed by atoms with Gasteiger partial charge in [0.2, 0.25) is 5.91 Å². The fourth-order valence-corrected chi connectivity index (χ4v) is 3.77. The first-order valence-electron chi connectivity index (χ1n) is 7.21. The lowest BCUT2D eigenvalue weighted by Gasteiger charge is -2.33. The van der Waals surface area contributed by atoms with Gasteiger partial charge >= 0.3 is 5.69 Å². The maximum Gasteiger partial charge on any atom is 0.311 e. The third-order valence-corrected chi connectivity index (χ3v) is 5.13. The number of nitro benzene ring substituents is 1. The van der Waals surface area contributed by atoms with E-state index in [2.05, 4.69) is 0 Å². The van der Waals surface area contributed by atoms with Gasteiger partial charge in [0.1, 0.15) is 10.6 Å². The van der Waals surface area contributed by atoms with Crippen LogP contribution in [0, 0.1) is 16.0 Å². The largest absolute Gasteiger partial charge is 0.370 e. The number of sulfone groups is 1. The highest BCUT2D eigenvalue weighted by atomic mass is 32.2. The Bertz CT molecular complexity index is 724. The molecule has 0 spiro atoms. The molecule has 0 radical (unpaired) electrons. The average molecular weight is 341 g/mol. The molecular formula is C14H19N3O5S. The normalized spacial score (nSPS) is 16.3. The van der Waals surface area contributed by atoms with Gasteiger partial charge in [0, 0.05) is 25.8 Å². The maximum absolute atomic E-state index is 11.8. The van der Waals surface area contributed by atoms with Gasteiger partial charge in [-0.15, -0.1) is 0 Å². The van der Waals surface area contributed by atoms with E-state index in [1.54, 1.807) is 11.0 Å². The van der Waals surface area contributed by atoms with Crippen molar-refractivity contribution in [2.75, 3.05) is 24.2 Å². The zero-order valence-electron chi connectivity index (χ0n) is 12.8. The second-order valence-corrected chi connectivity index (χ2v) is 7.74. The van der Waals surface area contributed by atoms with Crippen molar-refractivity contribution >= 4 is 27.1 Å². The van der Waals surface area contributed by atoms with E-state index in [1.807, 2.05) is 0 Å². The summed E-state index contributed by atoms with van der Waals surface area (Å²) in [5, 5.41) is 11.4. The smallest absolute Gasteiger partial charge is 0.311 e. The molecule has 1 heterocycles.